The third kappa shape index (κ3) is 7.99. The summed E-state index contributed by atoms with van der Waals surface area (Å²) < 4.78 is 5.01. The number of aromatic nitrogens is 4. The Hall–Kier alpha value is -3.17. The van der Waals surface area contributed by atoms with Crippen LogP contribution in [0.4, 0.5) is 28.3 Å². The summed E-state index contributed by atoms with van der Waals surface area (Å²) in [5, 5.41) is 2.38. The topological polar surface area (TPSA) is 168 Å². The van der Waals surface area contributed by atoms with E-state index >= 15 is 0 Å². The fourth-order valence-corrected chi connectivity index (χ4v) is 1.22. The van der Waals surface area contributed by atoms with Crippen molar-refractivity contribution in [2.75, 3.05) is 22.5 Å². The minimum atomic E-state index is -0.604. The highest BCUT2D eigenvalue weighted by atomic mass is 16.6. The highest BCUT2D eigenvalue weighted by Crippen LogP contribution is 2.09. The number of anilines is 4. The standard InChI is InChI=1S/C9H14N4O2.C4H6N4/c1-9(2,3)15-8(14)13-7-11-5-4-6(10)12-7;5-3-1-2-7-4(6)8-3/h4-5H,1-3H3,(H3,10,11,12,13,14);1-2H,(H4,5,6,7,8). The molecular formula is C13H20N8O2. The number of amides is 1. The summed E-state index contributed by atoms with van der Waals surface area (Å²) in [5.41, 5.74) is 15.3. The van der Waals surface area contributed by atoms with Crippen molar-refractivity contribution in [3.8, 4) is 0 Å². The summed E-state index contributed by atoms with van der Waals surface area (Å²) >= 11 is 0. The lowest BCUT2D eigenvalue weighted by atomic mass is 10.2. The van der Waals surface area contributed by atoms with Gasteiger partial charge >= 0.3 is 6.09 Å². The van der Waals surface area contributed by atoms with Crippen molar-refractivity contribution in [2.45, 2.75) is 26.4 Å². The number of carbonyl (C=O) groups is 1. The normalized spacial score (nSPS) is 10.2. The van der Waals surface area contributed by atoms with Crippen molar-refractivity contribution in [1.82, 2.24) is 19.9 Å². The molecule has 7 N–H and O–H groups in total. The molecule has 2 aromatic rings. The molecule has 10 nitrogen and oxygen atoms in total. The number of carbonyl (C=O) groups excluding carboxylic acids is 1. The molecule has 0 fully saturated rings. The second-order valence-corrected chi connectivity index (χ2v) is 5.27. The molecule has 0 aliphatic rings. The van der Waals surface area contributed by atoms with Crippen LogP contribution in [0.5, 0.6) is 0 Å². The van der Waals surface area contributed by atoms with Crippen LogP contribution in [0, 0.1) is 0 Å². The zero-order chi connectivity index (χ0) is 17.5. The molecule has 10 heteroatoms. The van der Waals surface area contributed by atoms with Crippen molar-refractivity contribution in [2.24, 2.45) is 0 Å². The third-order valence-corrected chi connectivity index (χ3v) is 1.99. The summed E-state index contributed by atoms with van der Waals surface area (Å²) in [7, 11) is 0. The molecule has 124 valence electrons. The molecule has 0 spiro atoms. The van der Waals surface area contributed by atoms with Gasteiger partial charge in [-0.25, -0.2) is 14.8 Å². The molecule has 2 rings (SSSR count). The summed E-state index contributed by atoms with van der Waals surface area (Å²) in [6, 6.07) is 3.11. The second-order valence-electron chi connectivity index (χ2n) is 5.27. The van der Waals surface area contributed by atoms with Crippen molar-refractivity contribution in [3.05, 3.63) is 24.5 Å². The number of nitrogen functional groups attached to an aromatic ring is 3. The number of hydrogen-bond acceptors (Lipinski definition) is 9. The van der Waals surface area contributed by atoms with Gasteiger partial charge < -0.3 is 21.9 Å². The Kier molecular flexibility index (Phi) is 6.01. The predicted molar refractivity (Wildman–Crippen MR) is 87.2 cm³/mol. The van der Waals surface area contributed by atoms with E-state index in [-0.39, 0.29) is 17.7 Å². The van der Waals surface area contributed by atoms with Gasteiger partial charge in [-0.3, -0.25) is 5.32 Å². The van der Waals surface area contributed by atoms with E-state index in [1.54, 1.807) is 26.8 Å². The van der Waals surface area contributed by atoms with E-state index in [9.17, 15) is 4.79 Å². The number of hydrogen-bond donors (Lipinski definition) is 4. The Morgan fingerprint density at radius 2 is 1.61 bits per heavy atom. The quantitative estimate of drug-likeness (QED) is 0.599. The summed E-state index contributed by atoms with van der Waals surface area (Å²) in [6.07, 6.45) is 2.36. The van der Waals surface area contributed by atoms with Crippen LogP contribution >= 0.6 is 0 Å². The Bertz CT molecular complexity index is 639. The molecule has 23 heavy (non-hydrogen) atoms. The van der Waals surface area contributed by atoms with Crippen molar-refractivity contribution >= 4 is 29.6 Å². The monoisotopic (exact) mass is 320 g/mol. The smallest absolute Gasteiger partial charge is 0.414 e. The van der Waals surface area contributed by atoms with E-state index in [2.05, 4.69) is 25.3 Å². The highest BCUT2D eigenvalue weighted by Gasteiger charge is 2.16. The molecule has 0 aliphatic carbocycles. The first-order valence-electron chi connectivity index (χ1n) is 6.58. The number of nitrogens with zero attached hydrogens (tertiary/aromatic N) is 4. The molecule has 0 unspecified atom stereocenters. The zero-order valence-electron chi connectivity index (χ0n) is 13.1. The third-order valence-electron chi connectivity index (χ3n) is 1.99. The van der Waals surface area contributed by atoms with Crippen LogP contribution in [0.15, 0.2) is 24.5 Å². The molecule has 0 aliphatic heterocycles. The van der Waals surface area contributed by atoms with Crippen LogP contribution in [0.25, 0.3) is 0 Å². The minimum absolute atomic E-state index is 0.129. The van der Waals surface area contributed by atoms with E-state index in [1.807, 2.05) is 0 Å². The van der Waals surface area contributed by atoms with E-state index in [4.69, 9.17) is 21.9 Å². The predicted octanol–water partition coefficient (Wildman–Crippen LogP) is 1.05. The molecule has 0 saturated heterocycles. The summed E-state index contributed by atoms with van der Waals surface area (Å²) in [4.78, 5) is 26.1. The van der Waals surface area contributed by atoms with Crippen LogP contribution in [-0.2, 0) is 4.74 Å². The molecule has 0 bridgehead atoms. The van der Waals surface area contributed by atoms with Crippen molar-refractivity contribution in [1.29, 1.82) is 0 Å². The lowest BCUT2D eigenvalue weighted by molar-refractivity contribution is 0.0634. The van der Waals surface area contributed by atoms with Crippen LogP contribution in [0.2, 0.25) is 0 Å². The Labute approximate surface area is 133 Å². The molecule has 2 heterocycles. The Morgan fingerprint density at radius 3 is 2.04 bits per heavy atom. The van der Waals surface area contributed by atoms with E-state index in [1.165, 1.54) is 18.5 Å². The van der Waals surface area contributed by atoms with Gasteiger partial charge in [-0.1, -0.05) is 0 Å². The van der Waals surface area contributed by atoms with Gasteiger partial charge in [0.15, 0.2) is 0 Å². The van der Waals surface area contributed by atoms with Crippen molar-refractivity contribution < 1.29 is 9.53 Å². The molecule has 0 atom stereocenters. The first-order valence-corrected chi connectivity index (χ1v) is 6.58. The Morgan fingerprint density at radius 1 is 1.04 bits per heavy atom. The summed E-state index contributed by atoms with van der Waals surface area (Å²) in [5.74, 6) is 1.03. The van der Waals surface area contributed by atoms with Gasteiger partial charge in [0.05, 0.1) is 0 Å². The lowest BCUT2D eigenvalue weighted by Gasteiger charge is -2.19. The summed E-state index contributed by atoms with van der Waals surface area (Å²) in [6.45, 7) is 5.31. The van der Waals surface area contributed by atoms with Gasteiger partial charge in [0.1, 0.15) is 17.2 Å². The van der Waals surface area contributed by atoms with E-state index in [0.29, 0.717) is 5.82 Å². The minimum Gasteiger partial charge on any atom is -0.444 e. The van der Waals surface area contributed by atoms with Crippen LogP contribution in [0.3, 0.4) is 0 Å². The number of rotatable bonds is 1. The molecular weight excluding hydrogens is 300 g/mol. The molecule has 0 saturated carbocycles. The van der Waals surface area contributed by atoms with Gasteiger partial charge in [-0.05, 0) is 32.9 Å². The largest absolute Gasteiger partial charge is 0.444 e. The first-order chi connectivity index (χ1) is 10.7. The maximum absolute atomic E-state index is 11.3. The highest BCUT2D eigenvalue weighted by molar-refractivity contribution is 5.82. The van der Waals surface area contributed by atoms with E-state index < -0.39 is 11.7 Å². The van der Waals surface area contributed by atoms with Gasteiger partial charge in [0, 0.05) is 12.4 Å². The molecule has 0 radical (unpaired) electrons. The van der Waals surface area contributed by atoms with Crippen LogP contribution in [-0.4, -0.2) is 31.6 Å². The molecule has 0 aromatic carbocycles. The fraction of sp³-hybridized carbons (Fsp3) is 0.308. The fourth-order valence-electron chi connectivity index (χ4n) is 1.22. The number of nitrogens with one attached hydrogen (secondary N) is 1. The van der Waals surface area contributed by atoms with Gasteiger partial charge in [0.25, 0.3) is 0 Å². The van der Waals surface area contributed by atoms with Gasteiger partial charge in [-0.2, -0.15) is 9.97 Å². The van der Waals surface area contributed by atoms with E-state index in [0.717, 1.165) is 0 Å². The lowest BCUT2D eigenvalue weighted by Crippen LogP contribution is -2.27. The first kappa shape index (κ1) is 17.9. The number of nitrogens with two attached hydrogens (primary N) is 3. The molecule has 1 amide bonds. The van der Waals surface area contributed by atoms with Gasteiger partial charge in [-0.15, -0.1) is 0 Å². The SMILES string of the molecule is CC(C)(C)OC(=O)Nc1nccc(N)n1.Nc1ccnc(N)n1. The number of ether oxygens (including phenoxy) is 1. The van der Waals surface area contributed by atoms with Crippen LogP contribution in [0.1, 0.15) is 20.8 Å². The molecule has 2 aromatic heterocycles. The van der Waals surface area contributed by atoms with Crippen molar-refractivity contribution in [3.63, 3.8) is 0 Å². The average Bonchev–Trinajstić information content (AvgIpc) is 2.36. The second kappa shape index (κ2) is 7.73. The Balaban J connectivity index is 0.000000277. The maximum atomic E-state index is 11.3. The maximum Gasteiger partial charge on any atom is 0.414 e. The zero-order valence-corrected chi connectivity index (χ0v) is 13.1. The van der Waals surface area contributed by atoms with Crippen LogP contribution < -0.4 is 22.5 Å². The average molecular weight is 320 g/mol. The van der Waals surface area contributed by atoms with Gasteiger partial charge in [0.2, 0.25) is 11.9 Å².